The van der Waals surface area contributed by atoms with Gasteiger partial charge in [0.1, 0.15) is 0 Å². The molecule has 1 nitrogen and oxygen atoms in total. The Hall–Kier alpha value is -0.820. The molecule has 0 aromatic heterocycles. The van der Waals surface area contributed by atoms with Crippen LogP contribution in [0.25, 0.3) is 0 Å². The number of hydrogen-bond acceptors (Lipinski definition) is 1. The molecule has 15 heavy (non-hydrogen) atoms. The first-order valence-electron chi connectivity index (χ1n) is 6.05. The van der Waals surface area contributed by atoms with Crippen molar-refractivity contribution in [2.24, 2.45) is 11.8 Å². The van der Waals surface area contributed by atoms with E-state index >= 15 is 0 Å². The van der Waals surface area contributed by atoms with Gasteiger partial charge in [-0.15, -0.1) is 0 Å². The largest absolute Gasteiger partial charge is 0.396 e. The van der Waals surface area contributed by atoms with E-state index in [2.05, 4.69) is 30.3 Å². The van der Waals surface area contributed by atoms with E-state index in [0.29, 0.717) is 18.4 Å². The summed E-state index contributed by atoms with van der Waals surface area (Å²) in [5, 5.41) is 9.34. The lowest BCUT2D eigenvalue weighted by Crippen LogP contribution is -2.24. The first-order valence-corrected chi connectivity index (χ1v) is 6.05. The molecule has 82 valence electrons. The van der Waals surface area contributed by atoms with E-state index in [-0.39, 0.29) is 0 Å². The zero-order valence-electron chi connectivity index (χ0n) is 9.23. The van der Waals surface area contributed by atoms with Crippen LogP contribution in [0.1, 0.15) is 31.2 Å². The molecule has 1 aliphatic rings. The fraction of sp³-hybridized carbons (Fsp3) is 0.571. The molecular formula is C14H20O. The molecule has 0 aliphatic heterocycles. The Morgan fingerprint density at radius 1 is 1.00 bits per heavy atom. The molecule has 1 fully saturated rings. The van der Waals surface area contributed by atoms with Crippen molar-refractivity contribution in [2.45, 2.75) is 32.1 Å². The van der Waals surface area contributed by atoms with E-state index in [1.54, 1.807) is 0 Å². The average Bonchev–Trinajstić information content (AvgIpc) is 2.31. The van der Waals surface area contributed by atoms with E-state index in [0.717, 1.165) is 6.42 Å². The topological polar surface area (TPSA) is 20.2 Å². The van der Waals surface area contributed by atoms with Gasteiger partial charge in [0.25, 0.3) is 0 Å². The number of rotatable bonds is 3. The Kier molecular flexibility index (Phi) is 3.79. The van der Waals surface area contributed by atoms with Gasteiger partial charge in [-0.25, -0.2) is 0 Å². The van der Waals surface area contributed by atoms with Gasteiger partial charge in [-0.1, -0.05) is 43.2 Å². The summed E-state index contributed by atoms with van der Waals surface area (Å²) in [5.74, 6) is 1.24. The molecule has 2 atom stereocenters. The standard InChI is InChI=1S/C14H20O/c15-11-14-9-5-4-8-13(14)10-12-6-2-1-3-7-12/h1-3,6-7,13-15H,4-5,8-11H2/t13-,14+/m1/s1. The summed E-state index contributed by atoms with van der Waals surface area (Å²) in [6.07, 6.45) is 6.30. The lowest BCUT2D eigenvalue weighted by molar-refractivity contribution is 0.134. The van der Waals surface area contributed by atoms with Crippen LogP contribution in [-0.4, -0.2) is 11.7 Å². The second-order valence-electron chi connectivity index (χ2n) is 4.68. The van der Waals surface area contributed by atoms with Crippen molar-refractivity contribution in [2.75, 3.05) is 6.61 Å². The number of hydrogen-bond donors (Lipinski definition) is 1. The third kappa shape index (κ3) is 2.82. The van der Waals surface area contributed by atoms with Gasteiger partial charge in [-0.3, -0.25) is 0 Å². The zero-order valence-corrected chi connectivity index (χ0v) is 9.23. The maximum Gasteiger partial charge on any atom is 0.0462 e. The zero-order chi connectivity index (χ0) is 10.5. The first-order chi connectivity index (χ1) is 7.40. The van der Waals surface area contributed by atoms with Crippen molar-refractivity contribution in [3.05, 3.63) is 35.9 Å². The predicted molar refractivity (Wildman–Crippen MR) is 62.7 cm³/mol. The van der Waals surface area contributed by atoms with E-state index in [9.17, 15) is 5.11 Å². The van der Waals surface area contributed by atoms with Gasteiger partial charge < -0.3 is 5.11 Å². The van der Waals surface area contributed by atoms with E-state index in [1.165, 1.54) is 31.2 Å². The second kappa shape index (κ2) is 5.32. The Morgan fingerprint density at radius 3 is 2.33 bits per heavy atom. The lowest BCUT2D eigenvalue weighted by atomic mass is 9.76. The molecule has 1 aromatic carbocycles. The number of aliphatic hydroxyl groups excluding tert-OH is 1. The van der Waals surface area contributed by atoms with Crippen molar-refractivity contribution >= 4 is 0 Å². The first kappa shape index (κ1) is 10.7. The molecule has 1 saturated carbocycles. The van der Waals surface area contributed by atoms with Gasteiger partial charge >= 0.3 is 0 Å². The third-order valence-corrected chi connectivity index (χ3v) is 3.64. The van der Waals surface area contributed by atoms with Gasteiger partial charge in [0.15, 0.2) is 0 Å². The molecule has 1 N–H and O–H groups in total. The summed E-state index contributed by atoms with van der Waals surface area (Å²) in [4.78, 5) is 0. The molecular weight excluding hydrogens is 184 g/mol. The van der Waals surface area contributed by atoms with Crippen LogP contribution in [0.3, 0.4) is 0 Å². The summed E-state index contributed by atoms with van der Waals surface area (Å²) in [6.45, 7) is 0.373. The fourth-order valence-electron chi connectivity index (χ4n) is 2.71. The molecule has 0 radical (unpaired) electrons. The van der Waals surface area contributed by atoms with Crippen LogP contribution in [0.4, 0.5) is 0 Å². The fourth-order valence-corrected chi connectivity index (χ4v) is 2.71. The van der Waals surface area contributed by atoms with Crippen LogP contribution in [-0.2, 0) is 6.42 Å². The molecule has 2 rings (SSSR count). The molecule has 0 heterocycles. The summed E-state index contributed by atoms with van der Waals surface area (Å²) in [5.41, 5.74) is 1.42. The smallest absolute Gasteiger partial charge is 0.0462 e. The van der Waals surface area contributed by atoms with Crippen LogP contribution in [0.15, 0.2) is 30.3 Å². The Labute approximate surface area is 92.1 Å². The van der Waals surface area contributed by atoms with Crippen molar-refractivity contribution in [3.63, 3.8) is 0 Å². The minimum Gasteiger partial charge on any atom is -0.396 e. The molecule has 1 heteroatoms. The van der Waals surface area contributed by atoms with Crippen LogP contribution in [0, 0.1) is 11.8 Å². The molecule has 0 saturated heterocycles. The van der Waals surface area contributed by atoms with E-state index < -0.39 is 0 Å². The summed E-state index contributed by atoms with van der Waals surface area (Å²) < 4.78 is 0. The minimum atomic E-state index is 0.373. The van der Waals surface area contributed by atoms with Crippen LogP contribution >= 0.6 is 0 Å². The SMILES string of the molecule is OC[C@@H]1CCCC[C@@H]1Cc1ccccc1. The monoisotopic (exact) mass is 204 g/mol. The molecule has 0 amide bonds. The van der Waals surface area contributed by atoms with Crippen LogP contribution in [0.2, 0.25) is 0 Å². The Balaban J connectivity index is 1.97. The maximum atomic E-state index is 9.34. The van der Waals surface area contributed by atoms with Crippen molar-refractivity contribution in [3.8, 4) is 0 Å². The summed E-state index contributed by atoms with van der Waals surface area (Å²) >= 11 is 0. The normalized spacial score (nSPS) is 26.5. The van der Waals surface area contributed by atoms with E-state index in [1.807, 2.05) is 0 Å². The van der Waals surface area contributed by atoms with Crippen LogP contribution < -0.4 is 0 Å². The lowest BCUT2D eigenvalue weighted by Gasteiger charge is -2.30. The highest BCUT2D eigenvalue weighted by molar-refractivity contribution is 5.15. The molecule has 1 aromatic rings. The quantitative estimate of drug-likeness (QED) is 0.802. The maximum absolute atomic E-state index is 9.34. The molecule has 1 aliphatic carbocycles. The number of benzene rings is 1. The van der Waals surface area contributed by atoms with Gasteiger partial charge in [-0.05, 0) is 36.7 Å². The van der Waals surface area contributed by atoms with E-state index in [4.69, 9.17) is 0 Å². The highest BCUT2D eigenvalue weighted by atomic mass is 16.3. The van der Waals surface area contributed by atoms with Crippen LogP contribution in [0.5, 0.6) is 0 Å². The minimum absolute atomic E-state index is 0.373. The summed E-state index contributed by atoms with van der Waals surface area (Å²) in [6, 6.07) is 10.7. The van der Waals surface area contributed by atoms with Crippen molar-refractivity contribution in [1.29, 1.82) is 0 Å². The predicted octanol–water partition coefficient (Wildman–Crippen LogP) is 3.03. The molecule has 0 bridgehead atoms. The number of aliphatic hydroxyl groups is 1. The molecule has 0 unspecified atom stereocenters. The van der Waals surface area contributed by atoms with Crippen molar-refractivity contribution < 1.29 is 5.11 Å². The molecule has 0 spiro atoms. The van der Waals surface area contributed by atoms with Gasteiger partial charge in [0, 0.05) is 6.61 Å². The van der Waals surface area contributed by atoms with Gasteiger partial charge in [0.2, 0.25) is 0 Å². The average molecular weight is 204 g/mol. The Morgan fingerprint density at radius 2 is 1.67 bits per heavy atom. The second-order valence-corrected chi connectivity index (χ2v) is 4.68. The van der Waals surface area contributed by atoms with Crippen molar-refractivity contribution in [1.82, 2.24) is 0 Å². The highest BCUT2D eigenvalue weighted by Gasteiger charge is 2.24. The highest BCUT2D eigenvalue weighted by Crippen LogP contribution is 2.32. The van der Waals surface area contributed by atoms with Gasteiger partial charge in [-0.2, -0.15) is 0 Å². The summed E-state index contributed by atoms with van der Waals surface area (Å²) in [7, 11) is 0. The Bertz CT molecular complexity index is 281. The third-order valence-electron chi connectivity index (χ3n) is 3.64. The van der Waals surface area contributed by atoms with Gasteiger partial charge in [0.05, 0.1) is 0 Å².